The first-order valence-electron chi connectivity index (χ1n) is 7.67. The number of nitrogens with two attached hydrogens (primary N) is 1. The van der Waals surface area contributed by atoms with Gasteiger partial charge in [-0.2, -0.15) is 0 Å². The molecular formula is C14H29N3O2S. The van der Waals surface area contributed by atoms with Crippen LogP contribution >= 0.6 is 0 Å². The molecule has 2 aliphatic heterocycles. The number of sulfone groups is 1. The van der Waals surface area contributed by atoms with Crippen molar-refractivity contribution in [3.05, 3.63) is 0 Å². The van der Waals surface area contributed by atoms with E-state index < -0.39 is 9.84 Å². The first-order chi connectivity index (χ1) is 9.37. The average Bonchev–Trinajstić information content (AvgIpc) is 2.40. The van der Waals surface area contributed by atoms with E-state index in [0.29, 0.717) is 18.2 Å². The number of hydrogen-bond donors (Lipinski definition) is 1. The maximum absolute atomic E-state index is 12.0. The van der Waals surface area contributed by atoms with Gasteiger partial charge in [-0.25, -0.2) is 8.42 Å². The Morgan fingerprint density at radius 2 is 2.00 bits per heavy atom. The van der Waals surface area contributed by atoms with Crippen molar-refractivity contribution in [3.63, 3.8) is 0 Å². The zero-order valence-corrected chi connectivity index (χ0v) is 13.7. The van der Waals surface area contributed by atoms with Crippen LogP contribution in [0.2, 0.25) is 0 Å². The van der Waals surface area contributed by atoms with Crippen LogP contribution in [0.4, 0.5) is 0 Å². The summed E-state index contributed by atoms with van der Waals surface area (Å²) in [5.41, 5.74) is 5.64. The Hall–Kier alpha value is -0.170. The molecular weight excluding hydrogens is 274 g/mol. The molecule has 0 aliphatic carbocycles. The third kappa shape index (κ3) is 3.72. The summed E-state index contributed by atoms with van der Waals surface area (Å²) in [6.45, 7) is 3.70. The molecule has 2 fully saturated rings. The van der Waals surface area contributed by atoms with E-state index in [4.69, 9.17) is 5.73 Å². The summed E-state index contributed by atoms with van der Waals surface area (Å²) in [5, 5.41) is 0. The molecule has 2 saturated heterocycles. The normalized spacial score (nSPS) is 32.6. The molecule has 2 heterocycles. The van der Waals surface area contributed by atoms with Crippen molar-refractivity contribution in [1.82, 2.24) is 9.80 Å². The number of likely N-dealkylation sites (tertiary alicyclic amines) is 1. The number of hydrogen-bond acceptors (Lipinski definition) is 5. The Morgan fingerprint density at radius 1 is 1.35 bits per heavy atom. The van der Waals surface area contributed by atoms with Crippen molar-refractivity contribution < 1.29 is 8.42 Å². The topological polar surface area (TPSA) is 66.6 Å². The summed E-state index contributed by atoms with van der Waals surface area (Å²) in [7, 11) is 1.30. The van der Waals surface area contributed by atoms with Gasteiger partial charge in [0.25, 0.3) is 0 Å². The second kappa shape index (κ2) is 6.30. The monoisotopic (exact) mass is 303 g/mol. The highest BCUT2D eigenvalue weighted by molar-refractivity contribution is 7.91. The smallest absolute Gasteiger partial charge is 0.152 e. The van der Waals surface area contributed by atoms with Crippen molar-refractivity contribution in [1.29, 1.82) is 0 Å². The van der Waals surface area contributed by atoms with Crippen LogP contribution < -0.4 is 5.73 Å². The van der Waals surface area contributed by atoms with Gasteiger partial charge in [-0.15, -0.1) is 0 Å². The molecule has 0 aromatic heterocycles. The average molecular weight is 303 g/mol. The first kappa shape index (κ1) is 16.2. The van der Waals surface area contributed by atoms with Crippen molar-refractivity contribution >= 4 is 9.84 Å². The zero-order valence-electron chi connectivity index (χ0n) is 12.8. The van der Waals surface area contributed by atoms with Gasteiger partial charge in [0, 0.05) is 18.6 Å². The number of rotatable bonds is 4. The van der Waals surface area contributed by atoms with Crippen LogP contribution in [0, 0.1) is 5.92 Å². The molecule has 0 amide bonds. The zero-order chi connectivity index (χ0) is 14.8. The first-order valence-corrected chi connectivity index (χ1v) is 9.49. The molecule has 0 bridgehead atoms. The highest BCUT2D eigenvalue weighted by Gasteiger charge is 2.41. The van der Waals surface area contributed by atoms with Crippen molar-refractivity contribution in [3.8, 4) is 0 Å². The molecule has 2 rings (SSSR count). The number of nitrogens with zero attached hydrogens (tertiary/aromatic N) is 2. The van der Waals surface area contributed by atoms with E-state index in [0.717, 1.165) is 32.5 Å². The quantitative estimate of drug-likeness (QED) is 0.802. The van der Waals surface area contributed by atoms with Crippen molar-refractivity contribution in [2.24, 2.45) is 11.7 Å². The van der Waals surface area contributed by atoms with Crippen LogP contribution in [-0.2, 0) is 9.84 Å². The Balaban J connectivity index is 2.00. The fourth-order valence-corrected chi connectivity index (χ4v) is 5.65. The molecule has 0 radical (unpaired) electrons. The highest BCUT2D eigenvalue weighted by atomic mass is 32.2. The van der Waals surface area contributed by atoms with E-state index in [2.05, 4.69) is 23.9 Å². The van der Waals surface area contributed by atoms with E-state index in [1.807, 2.05) is 0 Å². The van der Waals surface area contributed by atoms with Gasteiger partial charge in [-0.1, -0.05) is 0 Å². The summed E-state index contributed by atoms with van der Waals surface area (Å²) >= 11 is 0. The molecule has 5 nitrogen and oxygen atoms in total. The van der Waals surface area contributed by atoms with Crippen LogP contribution in [0.1, 0.15) is 25.7 Å². The lowest BCUT2D eigenvalue weighted by atomic mass is 9.90. The Labute approximate surface area is 123 Å². The van der Waals surface area contributed by atoms with Gasteiger partial charge in [0.2, 0.25) is 0 Å². The number of likely N-dealkylation sites (N-methyl/N-ethyl adjacent to an activating group) is 1. The maximum atomic E-state index is 12.0. The van der Waals surface area contributed by atoms with Gasteiger partial charge < -0.3 is 10.6 Å². The van der Waals surface area contributed by atoms with E-state index in [-0.39, 0.29) is 11.3 Å². The summed E-state index contributed by atoms with van der Waals surface area (Å²) in [5.74, 6) is 1.24. The second-order valence-electron chi connectivity index (χ2n) is 6.75. The Bertz CT molecular complexity index is 418. The summed E-state index contributed by atoms with van der Waals surface area (Å²) in [6.07, 6.45) is 4.06. The number of piperidine rings is 1. The largest absolute Gasteiger partial charge is 0.329 e. The molecule has 2 aliphatic rings. The molecule has 20 heavy (non-hydrogen) atoms. The van der Waals surface area contributed by atoms with E-state index in [1.165, 1.54) is 12.8 Å². The lowest BCUT2D eigenvalue weighted by molar-refractivity contribution is 0.0901. The third-order valence-electron chi connectivity index (χ3n) is 5.15. The summed E-state index contributed by atoms with van der Waals surface area (Å²) < 4.78 is 24.0. The van der Waals surface area contributed by atoms with Crippen LogP contribution in [0.25, 0.3) is 0 Å². The third-order valence-corrected chi connectivity index (χ3v) is 7.03. The molecule has 2 N–H and O–H groups in total. The minimum Gasteiger partial charge on any atom is -0.329 e. The predicted molar refractivity (Wildman–Crippen MR) is 82.5 cm³/mol. The molecule has 6 heteroatoms. The fourth-order valence-electron chi connectivity index (χ4n) is 3.62. The summed E-state index contributed by atoms with van der Waals surface area (Å²) in [4.78, 5) is 4.61. The molecule has 1 atom stereocenters. The van der Waals surface area contributed by atoms with Crippen LogP contribution in [0.15, 0.2) is 0 Å². The molecule has 0 aromatic rings. The SMILES string of the molecule is CN1CCC(CN(C)C2(CN)CCCS(=O)(=O)C2)CC1. The van der Waals surface area contributed by atoms with E-state index in [9.17, 15) is 8.42 Å². The van der Waals surface area contributed by atoms with E-state index in [1.54, 1.807) is 0 Å². The molecule has 0 spiro atoms. The standard InChI is InChI=1S/C14H29N3O2S/c1-16-7-4-13(5-8-16)10-17(2)14(11-15)6-3-9-20(18,19)12-14/h13H,3-12,15H2,1-2H3. The maximum Gasteiger partial charge on any atom is 0.152 e. The Morgan fingerprint density at radius 3 is 2.55 bits per heavy atom. The van der Waals surface area contributed by atoms with Gasteiger partial charge in [0.05, 0.1) is 11.5 Å². The lowest BCUT2D eigenvalue weighted by Gasteiger charge is -2.45. The fraction of sp³-hybridized carbons (Fsp3) is 1.00. The molecule has 0 saturated carbocycles. The molecule has 1 unspecified atom stereocenters. The summed E-state index contributed by atoms with van der Waals surface area (Å²) in [6, 6.07) is 0. The molecule has 0 aromatic carbocycles. The van der Waals surface area contributed by atoms with Gasteiger partial charge in [0.1, 0.15) is 0 Å². The van der Waals surface area contributed by atoms with Gasteiger partial charge in [-0.05, 0) is 58.8 Å². The predicted octanol–water partition coefficient (Wildman–Crippen LogP) is 0.166. The highest BCUT2D eigenvalue weighted by Crippen LogP contribution is 2.29. The lowest BCUT2D eigenvalue weighted by Crippen LogP contribution is -2.60. The van der Waals surface area contributed by atoms with Gasteiger partial charge >= 0.3 is 0 Å². The van der Waals surface area contributed by atoms with E-state index >= 15 is 0 Å². The second-order valence-corrected chi connectivity index (χ2v) is 8.94. The minimum absolute atomic E-state index is 0.236. The van der Waals surface area contributed by atoms with Crippen LogP contribution in [-0.4, -0.2) is 75.5 Å². The van der Waals surface area contributed by atoms with Crippen molar-refractivity contribution in [2.45, 2.75) is 31.2 Å². The minimum atomic E-state index is -2.93. The van der Waals surface area contributed by atoms with Gasteiger partial charge in [-0.3, -0.25) is 4.90 Å². The van der Waals surface area contributed by atoms with Crippen LogP contribution in [0.3, 0.4) is 0 Å². The molecule has 118 valence electrons. The van der Waals surface area contributed by atoms with Gasteiger partial charge in [0.15, 0.2) is 9.84 Å². The van der Waals surface area contributed by atoms with Crippen LogP contribution in [0.5, 0.6) is 0 Å². The van der Waals surface area contributed by atoms with Crippen molar-refractivity contribution in [2.75, 3.05) is 51.8 Å². The Kier molecular flexibility index (Phi) is 5.10.